The van der Waals surface area contributed by atoms with E-state index in [1.165, 1.54) is 12.1 Å². The summed E-state index contributed by atoms with van der Waals surface area (Å²) >= 11 is 0. The molecule has 1 N–H and O–H groups in total. The SMILES string of the molecule is CC(C)(CC(=O)N=NC(=O)c1ccc(F)cc1)NCC(=O)OC(C)(C)C. The fourth-order valence-corrected chi connectivity index (χ4v) is 1.92. The second-order valence-corrected chi connectivity index (χ2v) is 7.41. The second kappa shape index (κ2) is 8.75. The lowest BCUT2D eigenvalue weighted by atomic mass is 10.0. The lowest BCUT2D eigenvalue weighted by Gasteiger charge is -2.26. The average molecular weight is 365 g/mol. The molecule has 1 aromatic carbocycles. The van der Waals surface area contributed by atoms with E-state index < -0.39 is 34.7 Å². The van der Waals surface area contributed by atoms with Crippen LogP contribution in [-0.2, 0) is 14.3 Å². The zero-order valence-electron chi connectivity index (χ0n) is 15.6. The van der Waals surface area contributed by atoms with E-state index in [4.69, 9.17) is 4.74 Å². The van der Waals surface area contributed by atoms with E-state index in [1.807, 2.05) is 0 Å². The summed E-state index contributed by atoms with van der Waals surface area (Å²) in [6, 6.07) is 4.75. The number of hydrogen-bond acceptors (Lipinski definition) is 5. The third-order valence-electron chi connectivity index (χ3n) is 3.07. The molecule has 26 heavy (non-hydrogen) atoms. The highest BCUT2D eigenvalue weighted by Crippen LogP contribution is 2.12. The van der Waals surface area contributed by atoms with E-state index in [9.17, 15) is 18.8 Å². The van der Waals surface area contributed by atoms with Crippen LogP contribution in [0.25, 0.3) is 0 Å². The van der Waals surface area contributed by atoms with Gasteiger partial charge in [0.1, 0.15) is 11.4 Å². The maximum atomic E-state index is 12.8. The molecule has 0 saturated heterocycles. The Morgan fingerprint density at radius 1 is 1.04 bits per heavy atom. The van der Waals surface area contributed by atoms with Gasteiger partial charge < -0.3 is 10.1 Å². The van der Waals surface area contributed by atoms with Crippen molar-refractivity contribution in [2.75, 3.05) is 6.54 Å². The molecule has 0 heterocycles. The number of nitrogens with one attached hydrogen (secondary N) is 1. The van der Waals surface area contributed by atoms with E-state index in [2.05, 4.69) is 15.5 Å². The van der Waals surface area contributed by atoms with Gasteiger partial charge in [-0.15, -0.1) is 10.2 Å². The van der Waals surface area contributed by atoms with Crippen LogP contribution >= 0.6 is 0 Å². The first kappa shape index (κ1) is 21.6. The Balaban J connectivity index is 2.53. The second-order valence-electron chi connectivity index (χ2n) is 7.41. The number of nitrogens with zero attached hydrogens (tertiary/aromatic N) is 2. The van der Waals surface area contributed by atoms with Gasteiger partial charge in [-0.2, -0.15) is 0 Å². The van der Waals surface area contributed by atoms with Gasteiger partial charge >= 0.3 is 5.97 Å². The first-order valence-corrected chi connectivity index (χ1v) is 8.09. The maximum Gasteiger partial charge on any atom is 0.320 e. The minimum Gasteiger partial charge on any atom is -0.459 e. The van der Waals surface area contributed by atoms with Crippen LogP contribution in [0, 0.1) is 5.82 Å². The monoisotopic (exact) mass is 365 g/mol. The van der Waals surface area contributed by atoms with Gasteiger partial charge in [0.05, 0.1) is 6.54 Å². The molecule has 0 fully saturated rings. The van der Waals surface area contributed by atoms with Crippen LogP contribution in [0.1, 0.15) is 51.4 Å². The molecular weight excluding hydrogens is 341 g/mol. The summed E-state index contributed by atoms with van der Waals surface area (Å²) in [6.07, 6.45) is -0.0734. The van der Waals surface area contributed by atoms with Crippen molar-refractivity contribution in [2.24, 2.45) is 10.2 Å². The quantitative estimate of drug-likeness (QED) is 0.617. The van der Waals surface area contributed by atoms with Crippen molar-refractivity contribution in [1.82, 2.24) is 5.32 Å². The van der Waals surface area contributed by atoms with Gasteiger partial charge in [0, 0.05) is 17.5 Å². The molecule has 1 aromatic rings. The number of ether oxygens (including phenoxy) is 1. The van der Waals surface area contributed by atoms with E-state index in [1.54, 1.807) is 34.6 Å². The number of benzene rings is 1. The highest BCUT2D eigenvalue weighted by atomic mass is 19.1. The molecule has 0 aliphatic rings. The van der Waals surface area contributed by atoms with Crippen molar-refractivity contribution >= 4 is 17.8 Å². The van der Waals surface area contributed by atoms with E-state index in [0.717, 1.165) is 12.1 Å². The number of rotatable bonds is 6. The number of carbonyl (C=O) groups is 3. The topological polar surface area (TPSA) is 97.2 Å². The van der Waals surface area contributed by atoms with Gasteiger partial charge in [0.2, 0.25) is 0 Å². The Kier molecular flexibility index (Phi) is 7.26. The van der Waals surface area contributed by atoms with Crippen molar-refractivity contribution in [2.45, 2.75) is 52.2 Å². The van der Waals surface area contributed by atoms with Crippen molar-refractivity contribution in [1.29, 1.82) is 0 Å². The van der Waals surface area contributed by atoms with E-state index in [0.29, 0.717) is 0 Å². The van der Waals surface area contributed by atoms with Crippen molar-refractivity contribution in [3.63, 3.8) is 0 Å². The summed E-state index contributed by atoms with van der Waals surface area (Å²) in [5.74, 6) is -2.28. The fourth-order valence-electron chi connectivity index (χ4n) is 1.92. The molecule has 0 aliphatic heterocycles. The predicted octanol–water partition coefficient (Wildman–Crippen LogP) is 3.04. The molecule has 1 rings (SSSR count). The minimum atomic E-state index is -0.744. The van der Waals surface area contributed by atoms with Crippen LogP contribution < -0.4 is 5.32 Å². The van der Waals surface area contributed by atoms with Gasteiger partial charge in [-0.1, -0.05) is 0 Å². The molecule has 0 unspecified atom stereocenters. The lowest BCUT2D eigenvalue weighted by Crippen LogP contribution is -2.45. The molecule has 0 atom stereocenters. The molecular formula is C18H24FN3O4. The van der Waals surface area contributed by atoms with Gasteiger partial charge in [-0.25, -0.2) is 4.39 Å². The zero-order valence-corrected chi connectivity index (χ0v) is 15.6. The molecule has 0 bridgehead atoms. The zero-order chi connectivity index (χ0) is 20.0. The van der Waals surface area contributed by atoms with Crippen LogP contribution in [-0.4, -0.2) is 35.5 Å². The predicted molar refractivity (Wildman–Crippen MR) is 93.1 cm³/mol. The van der Waals surface area contributed by atoms with Crippen molar-refractivity contribution < 1.29 is 23.5 Å². The lowest BCUT2D eigenvalue weighted by molar-refractivity contribution is -0.154. The summed E-state index contributed by atoms with van der Waals surface area (Å²) in [7, 11) is 0. The summed E-state index contributed by atoms with van der Waals surface area (Å²) in [5.41, 5.74) is -1.20. The van der Waals surface area contributed by atoms with E-state index >= 15 is 0 Å². The standard InChI is InChI=1S/C18H24FN3O4/c1-17(2,3)26-15(24)11-20-18(4,5)10-14(23)21-22-16(25)12-6-8-13(19)9-7-12/h6-9,20H,10-11H2,1-5H3. The van der Waals surface area contributed by atoms with E-state index in [-0.39, 0.29) is 18.5 Å². The smallest absolute Gasteiger partial charge is 0.320 e. The third kappa shape index (κ3) is 8.57. The number of hydrogen-bond donors (Lipinski definition) is 1. The first-order valence-electron chi connectivity index (χ1n) is 8.09. The summed E-state index contributed by atoms with van der Waals surface area (Å²) < 4.78 is 18.0. The Bertz CT molecular complexity index is 691. The molecule has 0 radical (unpaired) electrons. The Labute approximate surface area is 152 Å². The van der Waals surface area contributed by atoms with Gasteiger partial charge in [-0.3, -0.25) is 14.4 Å². The van der Waals surface area contributed by atoms with Crippen LogP contribution in [0.2, 0.25) is 0 Å². The molecule has 0 aromatic heterocycles. The number of carbonyl (C=O) groups excluding carboxylic acids is 3. The van der Waals surface area contributed by atoms with Crippen LogP contribution in [0.5, 0.6) is 0 Å². The molecule has 142 valence electrons. The van der Waals surface area contributed by atoms with Crippen molar-refractivity contribution in [3.05, 3.63) is 35.6 Å². The van der Waals surface area contributed by atoms with Crippen LogP contribution in [0.3, 0.4) is 0 Å². The largest absolute Gasteiger partial charge is 0.459 e. The Hall–Kier alpha value is -2.48. The summed E-state index contributed by atoms with van der Waals surface area (Å²) in [5, 5.41) is 9.64. The molecule has 0 saturated carbocycles. The highest BCUT2D eigenvalue weighted by molar-refractivity contribution is 5.95. The van der Waals surface area contributed by atoms with Crippen molar-refractivity contribution in [3.8, 4) is 0 Å². The summed E-state index contributed by atoms with van der Waals surface area (Å²) in [4.78, 5) is 35.4. The minimum absolute atomic E-state index is 0.0663. The van der Waals surface area contributed by atoms with Gasteiger partial charge in [0.15, 0.2) is 0 Å². The maximum absolute atomic E-state index is 12.8. The fraction of sp³-hybridized carbons (Fsp3) is 0.500. The number of amides is 2. The number of azo groups is 1. The number of halogens is 1. The molecule has 8 heteroatoms. The Morgan fingerprint density at radius 3 is 2.15 bits per heavy atom. The van der Waals surface area contributed by atoms with Gasteiger partial charge in [0.25, 0.3) is 11.8 Å². The van der Waals surface area contributed by atoms with Crippen LogP contribution in [0.15, 0.2) is 34.5 Å². The molecule has 2 amide bonds. The first-order chi connectivity index (χ1) is 11.9. The van der Waals surface area contributed by atoms with Gasteiger partial charge in [-0.05, 0) is 58.9 Å². The molecule has 7 nitrogen and oxygen atoms in total. The summed E-state index contributed by atoms with van der Waals surface area (Å²) in [6.45, 7) is 8.65. The molecule has 0 spiro atoms. The average Bonchev–Trinajstić information content (AvgIpc) is 2.49. The number of esters is 1. The third-order valence-corrected chi connectivity index (χ3v) is 3.07. The molecule has 0 aliphatic carbocycles. The van der Waals surface area contributed by atoms with Crippen LogP contribution in [0.4, 0.5) is 4.39 Å². The highest BCUT2D eigenvalue weighted by Gasteiger charge is 2.24. The normalized spacial score (nSPS) is 12.2. The Morgan fingerprint density at radius 2 is 1.62 bits per heavy atom.